The van der Waals surface area contributed by atoms with Crippen LogP contribution in [0.2, 0.25) is 0 Å². The highest BCUT2D eigenvalue weighted by Crippen LogP contribution is 2.25. The number of nitrogens with zero attached hydrogens (tertiary/aromatic N) is 3. The van der Waals surface area contributed by atoms with Gasteiger partial charge >= 0.3 is 6.03 Å². The SMILES string of the molecule is O=C(Nc1nc(-c2ccc3ccccc3n2)cs1)N1CCNCC1. The second-order valence-electron chi connectivity index (χ2n) is 5.59. The summed E-state index contributed by atoms with van der Waals surface area (Å²) in [6.07, 6.45) is 0. The van der Waals surface area contributed by atoms with Crippen molar-refractivity contribution in [1.82, 2.24) is 20.2 Å². The molecule has 0 unspecified atom stereocenters. The number of carbonyl (C=O) groups is 1. The van der Waals surface area contributed by atoms with Crippen molar-refractivity contribution in [2.75, 3.05) is 31.5 Å². The fraction of sp³-hybridized carbons (Fsp3) is 0.235. The monoisotopic (exact) mass is 339 g/mol. The summed E-state index contributed by atoms with van der Waals surface area (Å²) in [4.78, 5) is 23.2. The average molecular weight is 339 g/mol. The van der Waals surface area contributed by atoms with Crippen LogP contribution >= 0.6 is 11.3 Å². The van der Waals surface area contributed by atoms with E-state index in [9.17, 15) is 4.79 Å². The first-order valence-corrected chi connectivity index (χ1v) is 8.76. The van der Waals surface area contributed by atoms with Crippen molar-refractivity contribution in [2.24, 2.45) is 0 Å². The van der Waals surface area contributed by atoms with Crippen LogP contribution in [0.3, 0.4) is 0 Å². The van der Waals surface area contributed by atoms with Crippen LogP contribution < -0.4 is 10.6 Å². The molecule has 2 N–H and O–H groups in total. The molecule has 0 saturated carbocycles. The molecule has 3 aromatic rings. The molecule has 2 amide bonds. The maximum atomic E-state index is 12.2. The van der Waals surface area contributed by atoms with Crippen molar-refractivity contribution in [2.45, 2.75) is 0 Å². The molecule has 0 bridgehead atoms. The minimum absolute atomic E-state index is 0.0936. The van der Waals surface area contributed by atoms with Crippen molar-refractivity contribution in [1.29, 1.82) is 0 Å². The van der Waals surface area contributed by atoms with E-state index in [1.807, 2.05) is 41.8 Å². The highest BCUT2D eigenvalue weighted by molar-refractivity contribution is 7.14. The maximum Gasteiger partial charge on any atom is 0.323 e. The van der Waals surface area contributed by atoms with Gasteiger partial charge in [-0.05, 0) is 12.1 Å². The van der Waals surface area contributed by atoms with Gasteiger partial charge in [0, 0.05) is 36.9 Å². The van der Waals surface area contributed by atoms with Crippen LogP contribution in [0.15, 0.2) is 41.8 Å². The molecule has 1 fully saturated rings. The van der Waals surface area contributed by atoms with E-state index >= 15 is 0 Å². The number of fused-ring (bicyclic) bond motifs is 1. The van der Waals surface area contributed by atoms with E-state index < -0.39 is 0 Å². The number of urea groups is 1. The summed E-state index contributed by atoms with van der Waals surface area (Å²) in [5.74, 6) is 0. The number of pyridine rings is 1. The lowest BCUT2D eigenvalue weighted by Crippen LogP contribution is -2.48. The van der Waals surface area contributed by atoms with Crippen LogP contribution in [0, 0.1) is 0 Å². The lowest BCUT2D eigenvalue weighted by molar-refractivity contribution is 0.204. The number of carbonyl (C=O) groups excluding carboxylic acids is 1. The molecule has 3 heterocycles. The second-order valence-corrected chi connectivity index (χ2v) is 6.45. The third-order valence-electron chi connectivity index (χ3n) is 3.98. The first kappa shape index (κ1) is 15.0. The average Bonchev–Trinajstić information content (AvgIpc) is 3.10. The quantitative estimate of drug-likeness (QED) is 0.753. The van der Waals surface area contributed by atoms with Gasteiger partial charge in [-0.25, -0.2) is 14.8 Å². The van der Waals surface area contributed by atoms with Crippen LogP contribution in [-0.4, -0.2) is 47.1 Å². The molecule has 2 aromatic heterocycles. The van der Waals surface area contributed by atoms with Crippen LogP contribution in [0.5, 0.6) is 0 Å². The first-order chi connectivity index (χ1) is 11.8. The zero-order valence-corrected chi connectivity index (χ0v) is 13.8. The lowest BCUT2D eigenvalue weighted by Gasteiger charge is -2.26. The van der Waals surface area contributed by atoms with E-state index in [2.05, 4.69) is 20.6 Å². The molecule has 1 saturated heterocycles. The van der Waals surface area contributed by atoms with Gasteiger partial charge in [-0.3, -0.25) is 5.32 Å². The van der Waals surface area contributed by atoms with Crippen LogP contribution in [0.4, 0.5) is 9.93 Å². The fourth-order valence-electron chi connectivity index (χ4n) is 2.70. The Labute approximate surface area is 143 Å². The Morgan fingerprint density at radius 3 is 2.79 bits per heavy atom. The Morgan fingerprint density at radius 1 is 1.08 bits per heavy atom. The number of hydrogen-bond donors (Lipinski definition) is 2. The number of piperazine rings is 1. The number of thiazole rings is 1. The predicted molar refractivity (Wildman–Crippen MR) is 96.3 cm³/mol. The van der Waals surface area contributed by atoms with Crippen LogP contribution in [0.1, 0.15) is 0 Å². The minimum Gasteiger partial charge on any atom is -0.322 e. The third-order valence-corrected chi connectivity index (χ3v) is 4.74. The number of amides is 2. The number of nitrogens with one attached hydrogen (secondary N) is 2. The van der Waals surface area contributed by atoms with E-state index in [0.29, 0.717) is 5.13 Å². The Bertz CT molecular complexity index is 872. The number of rotatable bonds is 2. The van der Waals surface area contributed by atoms with Gasteiger partial charge < -0.3 is 10.2 Å². The molecular formula is C17H17N5OS. The van der Waals surface area contributed by atoms with Gasteiger partial charge in [-0.15, -0.1) is 11.3 Å². The summed E-state index contributed by atoms with van der Waals surface area (Å²) in [5, 5.41) is 9.73. The summed E-state index contributed by atoms with van der Waals surface area (Å²) in [6, 6.07) is 11.9. The zero-order chi connectivity index (χ0) is 16.4. The minimum atomic E-state index is -0.0936. The second kappa shape index (κ2) is 6.54. The maximum absolute atomic E-state index is 12.2. The Morgan fingerprint density at radius 2 is 1.92 bits per heavy atom. The van der Waals surface area contributed by atoms with Crippen molar-refractivity contribution in [3.8, 4) is 11.4 Å². The summed E-state index contributed by atoms with van der Waals surface area (Å²) in [6.45, 7) is 3.10. The summed E-state index contributed by atoms with van der Waals surface area (Å²) < 4.78 is 0. The van der Waals surface area contributed by atoms with Gasteiger partial charge in [0.25, 0.3) is 0 Å². The smallest absolute Gasteiger partial charge is 0.322 e. The topological polar surface area (TPSA) is 70.2 Å². The molecule has 1 aliphatic heterocycles. The molecular weight excluding hydrogens is 322 g/mol. The van der Waals surface area contributed by atoms with Crippen LogP contribution in [0.25, 0.3) is 22.3 Å². The van der Waals surface area contributed by atoms with Gasteiger partial charge in [-0.1, -0.05) is 24.3 Å². The summed E-state index contributed by atoms with van der Waals surface area (Å²) in [5.41, 5.74) is 2.53. The van der Waals surface area contributed by atoms with E-state index in [4.69, 9.17) is 0 Å². The van der Waals surface area contributed by atoms with Gasteiger partial charge in [0.1, 0.15) is 5.69 Å². The molecule has 6 nitrogen and oxygen atoms in total. The summed E-state index contributed by atoms with van der Waals surface area (Å²) in [7, 11) is 0. The largest absolute Gasteiger partial charge is 0.323 e. The Balaban J connectivity index is 1.52. The molecule has 4 rings (SSSR count). The molecule has 1 aromatic carbocycles. The fourth-order valence-corrected chi connectivity index (χ4v) is 3.39. The van der Waals surface area contributed by atoms with Gasteiger partial charge in [0.15, 0.2) is 5.13 Å². The van der Waals surface area contributed by atoms with E-state index in [1.165, 1.54) is 11.3 Å². The van der Waals surface area contributed by atoms with E-state index in [1.54, 1.807) is 4.90 Å². The number of benzene rings is 1. The molecule has 7 heteroatoms. The highest BCUT2D eigenvalue weighted by atomic mass is 32.1. The number of para-hydroxylation sites is 1. The van der Waals surface area contributed by atoms with Crippen molar-refractivity contribution >= 4 is 33.4 Å². The molecule has 0 spiro atoms. The number of anilines is 1. The van der Waals surface area contributed by atoms with Gasteiger partial charge in [0.2, 0.25) is 0 Å². The lowest BCUT2D eigenvalue weighted by atomic mass is 10.2. The number of aromatic nitrogens is 2. The third kappa shape index (κ3) is 3.08. The Hall–Kier alpha value is -2.51. The molecule has 0 aliphatic carbocycles. The van der Waals surface area contributed by atoms with Crippen molar-refractivity contribution in [3.63, 3.8) is 0 Å². The normalized spacial score (nSPS) is 14.8. The number of hydrogen-bond acceptors (Lipinski definition) is 5. The van der Waals surface area contributed by atoms with E-state index in [0.717, 1.165) is 48.5 Å². The van der Waals surface area contributed by atoms with Gasteiger partial charge in [0.05, 0.1) is 11.2 Å². The highest BCUT2D eigenvalue weighted by Gasteiger charge is 2.17. The predicted octanol–water partition coefficient (Wildman–Crippen LogP) is 2.80. The molecule has 24 heavy (non-hydrogen) atoms. The van der Waals surface area contributed by atoms with Gasteiger partial charge in [-0.2, -0.15) is 0 Å². The van der Waals surface area contributed by atoms with Crippen molar-refractivity contribution < 1.29 is 4.79 Å². The molecule has 1 aliphatic rings. The zero-order valence-electron chi connectivity index (χ0n) is 13.0. The summed E-state index contributed by atoms with van der Waals surface area (Å²) >= 11 is 1.42. The Kier molecular flexibility index (Phi) is 4.10. The van der Waals surface area contributed by atoms with E-state index in [-0.39, 0.29) is 6.03 Å². The molecule has 122 valence electrons. The molecule has 0 atom stereocenters. The molecule has 0 radical (unpaired) electrons. The van der Waals surface area contributed by atoms with Crippen LogP contribution in [-0.2, 0) is 0 Å². The first-order valence-electron chi connectivity index (χ1n) is 7.88. The standard InChI is InChI=1S/C17H17N5OS/c23-17(22-9-7-18-8-10-22)21-16-20-15(11-24-16)14-6-5-12-3-1-2-4-13(12)19-14/h1-6,11,18H,7-10H2,(H,20,21,23). The van der Waals surface area contributed by atoms with Crippen molar-refractivity contribution in [3.05, 3.63) is 41.8 Å².